The summed E-state index contributed by atoms with van der Waals surface area (Å²) in [6.07, 6.45) is -0.245. The molecule has 0 unspecified atom stereocenters. The first-order chi connectivity index (χ1) is 10.7. The average molecular weight is 299 g/mol. The quantitative estimate of drug-likeness (QED) is 0.851. The number of hydrogen-bond donors (Lipinski definition) is 2. The Labute approximate surface area is 128 Å². The molecule has 1 heterocycles. The van der Waals surface area contributed by atoms with Gasteiger partial charge in [-0.05, 0) is 40.8 Å². The molecule has 0 saturated carbocycles. The molecule has 3 N–H and O–H groups in total. The van der Waals surface area contributed by atoms with Crippen LogP contribution >= 0.6 is 0 Å². The highest BCUT2D eigenvalue weighted by Crippen LogP contribution is 2.51. The summed E-state index contributed by atoms with van der Waals surface area (Å²) in [6.45, 7) is 0.447. The van der Waals surface area contributed by atoms with Crippen LogP contribution in [0.1, 0.15) is 46.8 Å². The van der Waals surface area contributed by atoms with Gasteiger partial charge in [-0.2, -0.15) is 0 Å². The lowest BCUT2D eigenvalue weighted by atomic mass is 9.87. The van der Waals surface area contributed by atoms with Crippen molar-refractivity contribution in [1.29, 1.82) is 0 Å². The first-order valence-electron chi connectivity index (χ1n) is 7.60. The maximum absolute atomic E-state index is 13.8. The summed E-state index contributed by atoms with van der Waals surface area (Å²) in [6, 6.07) is 12.4. The zero-order valence-electron chi connectivity index (χ0n) is 12.1. The van der Waals surface area contributed by atoms with E-state index in [1.165, 1.54) is 12.1 Å². The van der Waals surface area contributed by atoms with Crippen molar-refractivity contribution in [1.82, 2.24) is 0 Å². The predicted octanol–water partition coefficient (Wildman–Crippen LogP) is 2.79. The first-order valence-corrected chi connectivity index (χ1v) is 7.60. The van der Waals surface area contributed by atoms with E-state index in [9.17, 15) is 9.50 Å². The molecule has 2 aliphatic rings. The van der Waals surface area contributed by atoms with Gasteiger partial charge in [-0.15, -0.1) is 0 Å². The summed E-state index contributed by atoms with van der Waals surface area (Å²) < 4.78 is 19.8. The Bertz CT molecular complexity index is 718. The van der Waals surface area contributed by atoms with Crippen molar-refractivity contribution < 1.29 is 14.2 Å². The lowest BCUT2D eigenvalue weighted by Crippen LogP contribution is -2.19. The zero-order valence-corrected chi connectivity index (χ0v) is 12.1. The number of rotatable bonds is 1. The molecular weight excluding hydrogens is 281 g/mol. The highest BCUT2D eigenvalue weighted by molar-refractivity contribution is 5.47. The van der Waals surface area contributed by atoms with E-state index in [4.69, 9.17) is 10.5 Å². The van der Waals surface area contributed by atoms with E-state index in [0.717, 1.165) is 28.7 Å². The zero-order chi connectivity index (χ0) is 15.3. The summed E-state index contributed by atoms with van der Waals surface area (Å²) in [5, 5.41) is 10.8. The van der Waals surface area contributed by atoms with Crippen molar-refractivity contribution in [2.24, 2.45) is 5.73 Å². The summed E-state index contributed by atoms with van der Waals surface area (Å²) in [5.41, 5.74) is 9.19. The van der Waals surface area contributed by atoms with Gasteiger partial charge in [-0.25, -0.2) is 4.39 Å². The minimum atomic E-state index is -0.752. The second kappa shape index (κ2) is 5.16. The number of nitrogens with two attached hydrogens (primary N) is 1. The van der Waals surface area contributed by atoms with Crippen molar-refractivity contribution in [2.45, 2.75) is 30.7 Å². The lowest BCUT2D eigenvalue weighted by molar-refractivity contribution is 0.0448. The van der Waals surface area contributed by atoms with Crippen LogP contribution in [0, 0.1) is 5.82 Å². The van der Waals surface area contributed by atoms with Crippen molar-refractivity contribution in [3.05, 3.63) is 70.5 Å². The molecule has 114 valence electrons. The minimum Gasteiger partial charge on any atom is -0.384 e. The van der Waals surface area contributed by atoms with Gasteiger partial charge < -0.3 is 15.6 Å². The third-order valence-electron chi connectivity index (χ3n) is 4.82. The Kier molecular flexibility index (Phi) is 3.26. The topological polar surface area (TPSA) is 55.5 Å². The van der Waals surface area contributed by atoms with Gasteiger partial charge in [0.15, 0.2) is 0 Å². The van der Waals surface area contributed by atoms with Gasteiger partial charge in [0.1, 0.15) is 11.9 Å². The monoisotopic (exact) mass is 299 g/mol. The maximum Gasteiger partial charge on any atom is 0.123 e. The molecular formula is C18H18FNO2. The summed E-state index contributed by atoms with van der Waals surface area (Å²) in [7, 11) is 0. The van der Waals surface area contributed by atoms with E-state index in [0.29, 0.717) is 6.54 Å². The van der Waals surface area contributed by atoms with E-state index in [1.54, 1.807) is 6.07 Å². The Morgan fingerprint density at radius 1 is 1.09 bits per heavy atom. The molecule has 4 rings (SSSR count). The summed E-state index contributed by atoms with van der Waals surface area (Å²) >= 11 is 0. The fourth-order valence-electron chi connectivity index (χ4n) is 3.80. The smallest absolute Gasteiger partial charge is 0.123 e. The third kappa shape index (κ3) is 1.99. The molecule has 1 fully saturated rings. The van der Waals surface area contributed by atoms with Gasteiger partial charge >= 0.3 is 0 Å². The van der Waals surface area contributed by atoms with Crippen molar-refractivity contribution >= 4 is 0 Å². The molecule has 2 aromatic rings. The highest BCUT2D eigenvalue weighted by atomic mass is 19.1. The second-order valence-corrected chi connectivity index (χ2v) is 6.06. The van der Waals surface area contributed by atoms with E-state index < -0.39 is 6.10 Å². The van der Waals surface area contributed by atoms with Crippen LogP contribution in [-0.2, 0) is 4.74 Å². The molecule has 0 radical (unpaired) electrons. The molecule has 2 aromatic carbocycles. The number of aliphatic hydroxyl groups excluding tert-OH is 1. The third-order valence-corrected chi connectivity index (χ3v) is 4.82. The number of aliphatic hydroxyl groups is 1. The molecule has 3 nitrogen and oxygen atoms in total. The number of halogens is 1. The Hall–Kier alpha value is -1.75. The van der Waals surface area contributed by atoms with Crippen LogP contribution in [0.25, 0.3) is 0 Å². The molecule has 4 atom stereocenters. The van der Waals surface area contributed by atoms with Gasteiger partial charge in [0.25, 0.3) is 0 Å². The van der Waals surface area contributed by atoms with Crippen LogP contribution in [-0.4, -0.2) is 17.8 Å². The molecule has 0 bridgehead atoms. The van der Waals surface area contributed by atoms with Crippen LogP contribution < -0.4 is 5.73 Å². The number of hydrogen-bond acceptors (Lipinski definition) is 3. The minimum absolute atomic E-state index is 0.0329. The molecule has 0 aromatic heterocycles. The lowest BCUT2D eigenvalue weighted by Gasteiger charge is -2.19. The largest absolute Gasteiger partial charge is 0.384 e. The average Bonchev–Trinajstić information content (AvgIpc) is 2.95. The molecule has 22 heavy (non-hydrogen) atoms. The van der Waals surface area contributed by atoms with Crippen LogP contribution in [0.2, 0.25) is 0 Å². The Morgan fingerprint density at radius 3 is 2.59 bits per heavy atom. The first kappa shape index (κ1) is 13.9. The fraction of sp³-hybridized carbons (Fsp3) is 0.333. The summed E-state index contributed by atoms with van der Waals surface area (Å²) in [4.78, 5) is 0. The standard InChI is InChI=1S/C18H18FNO2/c19-10-5-6-14-15(7-10)18-16(8-11(9-20)22-18)12-3-1-2-4-13(12)17(14)21/h1-7,11,16-18,21H,8-9,20H2/t11-,16-,17-,18-/m1/s1. The SMILES string of the molecule is NC[C@H]1C[C@@H]2c3ccccc3[C@@H](O)c3ccc(F)cc3[C@H]2O1. The van der Waals surface area contributed by atoms with Crippen LogP contribution in [0.15, 0.2) is 42.5 Å². The van der Waals surface area contributed by atoms with E-state index in [2.05, 4.69) is 0 Å². The molecule has 1 aliphatic heterocycles. The van der Waals surface area contributed by atoms with Gasteiger partial charge in [0, 0.05) is 12.5 Å². The fourth-order valence-corrected chi connectivity index (χ4v) is 3.80. The predicted molar refractivity (Wildman–Crippen MR) is 80.9 cm³/mol. The Morgan fingerprint density at radius 2 is 1.82 bits per heavy atom. The van der Waals surface area contributed by atoms with E-state index in [-0.39, 0.29) is 23.9 Å². The number of fused-ring (bicyclic) bond motifs is 5. The number of benzene rings is 2. The van der Waals surface area contributed by atoms with Gasteiger partial charge in [-0.1, -0.05) is 30.3 Å². The molecule has 1 saturated heterocycles. The van der Waals surface area contributed by atoms with Crippen molar-refractivity contribution in [2.75, 3.05) is 6.54 Å². The molecule has 0 spiro atoms. The van der Waals surface area contributed by atoms with Crippen LogP contribution in [0.4, 0.5) is 4.39 Å². The van der Waals surface area contributed by atoms with Crippen LogP contribution in [0.3, 0.4) is 0 Å². The van der Waals surface area contributed by atoms with Gasteiger partial charge in [0.05, 0.1) is 12.2 Å². The summed E-state index contributed by atoms with van der Waals surface area (Å²) in [5.74, 6) is -0.210. The van der Waals surface area contributed by atoms with Crippen molar-refractivity contribution in [3.8, 4) is 0 Å². The van der Waals surface area contributed by atoms with Gasteiger partial charge in [0.2, 0.25) is 0 Å². The molecule has 4 heteroatoms. The van der Waals surface area contributed by atoms with Crippen molar-refractivity contribution in [3.63, 3.8) is 0 Å². The van der Waals surface area contributed by atoms with E-state index in [1.807, 2.05) is 24.3 Å². The normalized spacial score (nSPS) is 29.4. The van der Waals surface area contributed by atoms with Crippen LogP contribution in [0.5, 0.6) is 0 Å². The molecule has 1 aliphatic carbocycles. The molecule has 0 amide bonds. The highest BCUT2D eigenvalue weighted by Gasteiger charge is 2.42. The maximum atomic E-state index is 13.8. The van der Waals surface area contributed by atoms with Gasteiger partial charge in [-0.3, -0.25) is 0 Å². The Balaban J connectivity index is 1.94. The second-order valence-electron chi connectivity index (χ2n) is 6.06. The number of ether oxygens (including phenoxy) is 1. The van der Waals surface area contributed by atoms with E-state index >= 15 is 0 Å².